The predicted molar refractivity (Wildman–Crippen MR) is 78.7 cm³/mol. The van der Waals surface area contributed by atoms with E-state index < -0.39 is 0 Å². The Morgan fingerprint density at radius 2 is 1.86 bits per heavy atom. The van der Waals surface area contributed by atoms with Crippen molar-refractivity contribution in [3.8, 4) is 17.2 Å². The lowest BCUT2D eigenvalue weighted by Gasteiger charge is -2.05. The third-order valence-electron chi connectivity index (χ3n) is 3.54. The van der Waals surface area contributed by atoms with E-state index in [0.717, 1.165) is 36.6 Å². The van der Waals surface area contributed by atoms with Crippen molar-refractivity contribution in [1.29, 1.82) is 0 Å². The minimum atomic E-state index is 0. The molecule has 1 aromatic heterocycles. The zero-order valence-corrected chi connectivity index (χ0v) is 13.4. The quantitative estimate of drug-likeness (QED) is 0.543. The first-order valence-corrected chi connectivity index (χ1v) is 7.35. The molecule has 0 spiro atoms. The molecule has 0 fully saturated rings. The van der Waals surface area contributed by atoms with E-state index in [1.165, 1.54) is 5.56 Å². The molecule has 5 heteroatoms. The van der Waals surface area contributed by atoms with Crippen molar-refractivity contribution < 1.29 is 31.2 Å². The molecule has 1 aliphatic rings. The zero-order chi connectivity index (χ0) is 14.5. The van der Waals surface area contributed by atoms with Gasteiger partial charge >= 0.3 is 0 Å². The molecule has 0 saturated heterocycles. The van der Waals surface area contributed by atoms with E-state index in [4.69, 9.17) is 14.2 Å². The van der Waals surface area contributed by atoms with Gasteiger partial charge in [-0.3, -0.25) is 0 Å². The minimum absolute atomic E-state index is 0. The highest BCUT2D eigenvalue weighted by Gasteiger charge is 2.13. The van der Waals surface area contributed by atoms with E-state index in [1.54, 1.807) is 0 Å². The lowest BCUT2D eigenvalue weighted by atomic mass is 10.2. The molecule has 0 saturated carbocycles. The number of pyridine rings is 1. The average molecular weight is 322 g/mol. The van der Waals surface area contributed by atoms with Crippen molar-refractivity contribution >= 4 is 0 Å². The van der Waals surface area contributed by atoms with Crippen LogP contribution in [-0.2, 0) is 13.0 Å². The number of halogens is 1. The second kappa shape index (κ2) is 7.90. The summed E-state index contributed by atoms with van der Waals surface area (Å²) in [5.41, 5.74) is 1.36. The second-order valence-electron chi connectivity index (χ2n) is 5.01. The third-order valence-corrected chi connectivity index (χ3v) is 3.54. The van der Waals surface area contributed by atoms with Gasteiger partial charge in [0.2, 0.25) is 6.79 Å². The number of aromatic nitrogens is 1. The molecule has 4 nitrogen and oxygen atoms in total. The van der Waals surface area contributed by atoms with Gasteiger partial charge in [0.15, 0.2) is 30.4 Å². The van der Waals surface area contributed by atoms with Gasteiger partial charge in [0.25, 0.3) is 0 Å². The SMILES string of the molecule is CCc1cc[n+](CCCOc2ccc3c(c2)OCO3)cc1.[Cl-]. The highest BCUT2D eigenvalue weighted by Crippen LogP contribution is 2.35. The molecule has 0 aliphatic carbocycles. The Morgan fingerprint density at radius 1 is 1.09 bits per heavy atom. The van der Waals surface area contributed by atoms with E-state index in [-0.39, 0.29) is 12.4 Å². The number of rotatable bonds is 6. The Balaban J connectivity index is 0.00000176. The van der Waals surface area contributed by atoms with Crippen molar-refractivity contribution in [2.24, 2.45) is 0 Å². The summed E-state index contributed by atoms with van der Waals surface area (Å²) >= 11 is 0. The lowest BCUT2D eigenvalue weighted by Crippen LogP contribution is -3.00. The summed E-state index contributed by atoms with van der Waals surface area (Å²) in [7, 11) is 0. The van der Waals surface area contributed by atoms with Gasteiger partial charge in [-0.15, -0.1) is 0 Å². The van der Waals surface area contributed by atoms with Crippen LogP contribution >= 0.6 is 0 Å². The van der Waals surface area contributed by atoms with Gasteiger partial charge in [0.05, 0.1) is 6.61 Å². The number of hydrogen-bond acceptors (Lipinski definition) is 3. The summed E-state index contributed by atoms with van der Waals surface area (Å²) in [4.78, 5) is 0. The average Bonchev–Trinajstić information content (AvgIpc) is 3.00. The van der Waals surface area contributed by atoms with Gasteiger partial charge in [-0.1, -0.05) is 6.92 Å². The van der Waals surface area contributed by atoms with E-state index in [2.05, 4.69) is 36.0 Å². The number of nitrogens with zero attached hydrogens (tertiary/aromatic N) is 1. The van der Waals surface area contributed by atoms with Gasteiger partial charge in [-0.2, -0.15) is 0 Å². The molecular weight excluding hydrogens is 302 g/mol. The van der Waals surface area contributed by atoms with Gasteiger partial charge in [0.1, 0.15) is 5.75 Å². The van der Waals surface area contributed by atoms with Gasteiger partial charge in [-0.25, -0.2) is 4.57 Å². The monoisotopic (exact) mass is 321 g/mol. The molecule has 3 rings (SSSR count). The summed E-state index contributed by atoms with van der Waals surface area (Å²) < 4.78 is 18.5. The lowest BCUT2D eigenvalue weighted by molar-refractivity contribution is -0.697. The first kappa shape index (κ1) is 16.4. The van der Waals surface area contributed by atoms with Crippen LogP contribution < -0.4 is 31.2 Å². The molecule has 22 heavy (non-hydrogen) atoms. The zero-order valence-electron chi connectivity index (χ0n) is 12.6. The fourth-order valence-electron chi connectivity index (χ4n) is 2.28. The van der Waals surface area contributed by atoms with Gasteiger partial charge in [-0.05, 0) is 24.1 Å². The maximum absolute atomic E-state index is 5.75. The van der Waals surface area contributed by atoms with E-state index in [1.807, 2.05) is 18.2 Å². The molecule has 2 heterocycles. The molecule has 0 amide bonds. The highest BCUT2D eigenvalue weighted by molar-refractivity contribution is 5.46. The number of benzene rings is 1. The van der Waals surface area contributed by atoms with Crippen LogP contribution in [0.25, 0.3) is 0 Å². The summed E-state index contributed by atoms with van der Waals surface area (Å²) in [5.74, 6) is 2.37. The first-order valence-electron chi connectivity index (χ1n) is 7.35. The van der Waals surface area contributed by atoms with E-state index >= 15 is 0 Å². The molecule has 0 bridgehead atoms. The summed E-state index contributed by atoms with van der Waals surface area (Å²) in [6.45, 7) is 4.10. The van der Waals surface area contributed by atoms with E-state index in [9.17, 15) is 0 Å². The fraction of sp³-hybridized carbons (Fsp3) is 0.353. The number of aryl methyl sites for hydroxylation is 2. The summed E-state index contributed by atoms with van der Waals surface area (Å²) in [6, 6.07) is 10.0. The fourth-order valence-corrected chi connectivity index (χ4v) is 2.28. The Kier molecular flexibility index (Phi) is 5.90. The van der Waals surface area contributed by atoms with Crippen LogP contribution in [0, 0.1) is 0 Å². The van der Waals surface area contributed by atoms with Crippen LogP contribution in [0.4, 0.5) is 0 Å². The molecule has 0 unspecified atom stereocenters. The molecule has 0 atom stereocenters. The minimum Gasteiger partial charge on any atom is -1.00 e. The number of ether oxygens (including phenoxy) is 3. The van der Waals surface area contributed by atoms with Crippen molar-refractivity contribution in [3.63, 3.8) is 0 Å². The van der Waals surface area contributed by atoms with Gasteiger partial charge in [0, 0.05) is 24.6 Å². The molecule has 1 aliphatic heterocycles. The maximum Gasteiger partial charge on any atom is 0.231 e. The topological polar surface area (TPSA) is 31.6 Å². The smallest absolute Gasteiger partial charge is 0.231 e. The standard InChI is InChI=1S/C17H20NO3.ClH/c1-2-14-6-9-18(10-7-14)8-3-11-19-15-4-5-16-17(12-15)21-13-20-16;/h4-7,9-10,12H,2-3,8,11,13H2,1H3;1H/q+1;/p-1. The molecule has 2 aromatic rings. The van der Waals surface area contributed by atoms with Crippen LogP contribution in [0.2, 0.25) is 0 Å². The van der Waals surface area contributed by atoms with Crippen molar-refractivity contribution in [2.75, 3.05) is 13.4 Å². The largest absolute Gasteiger partial charge is 1.00 e. The normalized spacial score (nSPS) is 11.9. The number of hydrogen-bond donors (Lipinski definition) is 0. The molecule has 118 valence electrons. The van der Waals surface area contributed by atoms with Crippen LogP contribution in [0.1, 0.15) is 18.9 Å². The van der Waals surface area contributed by atoms with Crippen LogP contribution in [0.5, 0.6) is 17.2 Å². The number of fused-ring (bicyclic) bond motifs is 1. The summed E-state index contributed by atoms with van der Waals surface area (Å²) in [5, 5.41) is 0. The summed E-state index contributed by atoms with van der Waals surface area (Å²) in [6.07, 6.45) is 6.29. The van der Waals surface area contributed by atoms with Crippen molar-refractivity contribution in [1.82, 2.24) is 0 Å². The Labute approximate surface area is 137 Å². The van der Waals surface area contributed by atoms with Crippen LogP contribution in [0.3, 0.4) is 0 Å². The highest BCUT2D eigenvalue weighted by atomic mass is 35.5. The second-order valence-corrected chi connectivity index (χ2v) is 5.01. The molecular formula is C17H20ClNO3. The maximum atomic E-state index is 5.75. The molecule has 0 N–H and O–H groups in total. The van der Waals surface area contributed by atoms with Crippen molar-refractivity contribution in [3.05, 3.63) is 48.3 Å². The molecule has 1 aromatic carbocycles. The molecule has 0 radical (unpaired) electrons. The van der Waals surface area contributed by atoms with Crippen LogP contribution in [-0.4, -0.2) is 13.4 Å². The third kappa shape index (κ3) is 4.04. The van der Waals surface area contributed by atoms with E-state index in [0.29, 0.717) is 13.4 Å². The Bertz CT molecular complexity index is 601. The van der Waals surface area contributed by atoms with Crippen LogP contribution in [0.15, 0.2) is 42.7 Å². The predicted octanol–water partition coefficient (Wildman–Crippen LogP) is -0.262. The van der Waals surface area contributed by atoms with Crippen molar-refractivity contribution in [2.45, 2.75) is 26.3 Å². The van der Waals surface area contributed by atoms with Gasteiger partial charge < -0.3 is 26.6 Å². The Hall–Kier alpha value is -1.94. The first-order chi connectivity index (χ1) is 10.3. The Morgan fingerprint density at radius 3 is 2.64 bits per heavy atom.